The summed E-state index contributed by atoms with van der Waals surface area (Å²) in [7, 11) is 3.17. The van der Waals surface area contributed by atoms with Gasteiger partial charge in [0.05, 0.1) is 14.2 Å². The van der Waals surface area contributed by atoms with E-state index < -0.39 is 5.97 Å². The van der Waals surface area contributed by atoms with Crippen molar-refractivity contribution in [1.29, 1.82) is 0 Å². The summed E-state index contributed by atoms with van der Waals surface area (Å²) in [5, 5.41) is 0. The van der Waals surface area contributed by atoms with E-state index in [4.69, 9.17) is 18.9 Å². The Labute approximate surface area is 192 Å². The first-order chi connectivity index (χ1) is 16.0. The van der Waals surface area contributed by atoms with Crippen molar-refractivity contribution in [1.82, 2.24) is 4.98 Å². The Bertz CT molecular complexity index is 1150. The lowest BCUT2D eigenvalue weighted by Crippen LogP contribution is -2.18. The Hall–Kier alpha value is -3.74. The molecule has 0 bridgehead atoms. The number of carbonyl (C=O) groups is 2. The second-order valence-electron chi connectivity index (χ2n) is 7.92. The number of rotatable bonds is 8. The first-order valence-electron chi connectivity index (χ1n) is 10.8. The Morgan fingerprint density at radius 1 is 1.00 bits per heavy atom. The summed E-state index contributed by atoms with van der Waals surface area (Å²) in [6.07, 6.45) is 0.975. The molecular formula is C26H27NO6. The van der Waals surface area contributed by atoms with Crippen molar-refractivity contribution in [2.75, 3.05) is 27.4 Å². The summed E-state index contributed by atoms with van der Waals surface area (Å²) in [5.74, 6) is 1.47. The fraction of sp³-hybridized carbons (Fsp3) is 0.308. The van der Waals surface area contributed by atoms with Crippen LogP contribution in [0.15, 0.2) is 48.5 Å². The molecule has 7 heteroatoms. The molecule has 2 aromatic carbocycles. The van der Waals surface area contributed by atoms with Crippen LogP contribution in [-0.4, -0.2) is 44.2 Å². The minimum Gasteiger partial charge on any atom is -0.493 e. The third-order valence-corrected chi connectivity index (χ3v) is 5.90. The molecule has 1 atom stereocenters. The highest BCUT2D eigenvalue weighted by Gasteiger charge is 2.32. The van der Waals surface area contributed by atoms with Crippen LogP contribution in [0.4, 0.5) is 0 Å². The van der Waals surface area contributed by atoms with Crippen molar-refractivity contribution >= 4 is 11.8 Å². The van der Waals surface area contributed by atoms with Gasteiger partial charge in [-0.1, -0.05) is 24.3 Å². The molecule has 0 saturated carbocycles. The van der Waals surface area contributed by atoms with E-state index in [1.165, 1.54) is 0 Å². The van der Waals surface area contributed by atoms with Crippen molar-refractivity contribution in [3.05, 3.63) is 76.6 Å². The number of carbonyl (C=O) groups excluding carboxylic acids is 2. The molecule has 7 nitrogen and oxygen atoms in total. The lowest BCUT2D eigenvalue weighted by Gasteiger charge is -2.23. The number of methoxy groups -OCH3 is 2. The summed E-state index contributed by atoms with van der Waals surface area (Å²) in [6, 6.07) is 15.0. The number of ether oxygens (including phenoxy) is 4. The Morgan fingerprint density at radius 2 is 1.76 bits per heavy atom. The topological polar surface area (TPSA) is 86.9 Å². The van der Waals surface area contributed by atoms with Gasteiger partial charge >= 0.3 is 5.97 Å². The minimum atomic E-state index is -0.492. The van der Waals surface area contributed by atoms with Gasteiger partial charge in [0.15, 0.2) is 17.3 Å². The largest absolute Gasteiger partial charge is 0.493 e. The number of esters is 1. The van der Waals surface area contributed by atoms with E-state index in [2.05, 4.69) is 4.98 Å². The van der Waals surface area contributed by atoms with Crippen molar-refractivity contribution in [3.8, 4) is 17.2 Å². The number of Topliss-reactive ketones (excluding diaryl/α,β-unsaturated/α-hetero) is 1. The maximum atomic E-state index is 13.0. The van der Waals surface area contributed by atoms with E-state index in [-0.39, 0.29) is 24.9 Å². The van der Waals surface area contributed by atoms with Crippen LogP contribution < -0.4 is 14.2 Å². The average molecular weight is 450 g/mol. The molecule has 0 fully saturated rings. The molecule has 4 rings (SSSR count). The van der Waals surface area contributed by atoms with Crippen LogP contribution in [0.25, 0.3) is 0 Å². The fourth-order valence-corrected chi connectivity index (χ4v) is 4.26. The summed E-state index contributed by atoms with van der Waals surface area (Å²) in [6.45, 7) is 2.13. The normalized spacial score (nSPS) is 15.0. The summed E-state index contributed by atoms with van der Waals surface area (Å²) in [5.41, 5.74) is 3.30. The molecule has 1 aliphatic rings. The molecule has 0 saturated heterocycles. The van der Waals surface area contributed by atoms with Gasteiger partial charge in [-0.3, -0.25) is 4.79 Å². The van der Waals surface area contributed by atoms with Gasteiger partial charge in [0.1, 0.15) is 24.7 Å². The number of ketones is 1. The smallest absolute Gasteiger partial charge is 0.355 e. The highest BCUT2D eigenvalue weighted by molar-refractivity contribution is 6.03. The molecule has 1 heterocycles. The van der Waals surface area contributed by atoms with Crippen LogP contribution in [0.5, 0.6) is 17.2 Å². The molecule has 1 N–H and O–H groups in total. The molecule has 33 heavy (non-hydrogen) atoms. The molecule has 0 amide bonds. The number of aromatic nitrogens is 1. The van der Waals surface area contributed by atoms with Gasteiger partial charge < -0.3 is 23.9 Å². The molecule has 1 aromatic heterocycles. The Balaban J connectivity index is 1.45. The first-order valence-corrected chi connectivity index (χ1v) is 10.8. The molecule has 3 aromatic rings. The van der Waals surface area contributed by atoms with E-state index in [0.717, 1.165) is 11.3 Å². The summed E-state index contributed by atoms with van der Waals surface area (Å²) in [4.78, 5) is 28.8. The van der Waals surface area contributed by atoms with E-state index in [9.17, 15) is 9.59 Å². The molecule has 172 valence electrons. The zero-order valence-electron chi connectivity index (χ0n) is 19.0. The average Bonchev–Trinajstić information content (AvgIpc) is 3.18. The second-order valence-corrected chi connectivity index (χ2v) is 7.92. The molecule has 0 unspecified atom stereocenters. The van der Waals surface area contributed by atoms with Gasteiger partial charge in [-0.05, 0) is 54.7 Å². The number of hydrogen-bond donors (Lipinski definition) is 1. The van der Waals surface area contributed by atoms with E-state index in [1.807, 2.05) is 48.5 Å². The number of fused-ring (bicyclic) bond motifs is 1. The van der Waals surface area contributed by atoms with Gasteiger partial charge in [0.2, 0.25) is 0 Å². The maximum Gasteiger partial charge on any atom is 0.355 e. The summed E-state index contributed by atoms with van der Waals surface area (Å²) >= 11 is 0. The van der Waals surface area contributed by atoms with E-state index in [1.54, 1.807) is 21.1 Å². The lowest BCUT2D eigenvalue weighted by molar-refractivity contribution is 0.0443. The molecule has 0 radical (unpaired) electrons. The molecule has 1 aliphatic carbocycles. The fourth-order valence-electron chi connectivity index (χ4n) is 4.26. The first kappa shape index (κ1) is 22.5. The Kier molecular flexibility index (Phi) is 6.68. The molecule has 0 spiro atoms. The maximum absolute atomic E-state index is 13.0. The van der Waals surface area contributed by atoms with Crippen LogP contribution in [0, 0.1) is 6.92 Å². The van der Waals surface area contributed by atoms with Crippen molar-refractivity contribution < 1.29 is 28.5 Å². The number of aromatic amines is 1. The van der Waals surface area contributed by atoms with Crippen LogP contribution in [-0.2, 0) is 11.2 Å². The third kappa shape index (κ3) is 4.72. The number of nitrogens with one attached hydrogen (secondary N) is 1. The highest BCUT2D eigenvalue weighted by atomic mass is 16.6. The summed E-state index contributed by atoms with van der Waals surface area (Å²) < 4.78 is 21.6. The zero-order chi connectivity index (χ0) is 23.4. The third-order valence-electron chi connectivity index (χ3n) is 5.90. The van der Waals surface area contributed by atoms with Gasteiger partial charge in [0, 0.05) is 17.7 Å². The van der Waals surface area contributed by atoms with Crippen LogP contribution in [0.2, 0.25) is 0 Å². The van der Waals surface area contributed by atoms with Gasteiger partial charge in [0.25, 0.3) is 0 Å². The van der Waals surface area contributed by atoms with Gasteiger partial charge in [-0.15, -0.1) is 0 Å². The van der Waals surface area contributed by atoms with Crippen LogP contribution >= 0.6 is 0 Å². The van der Waals surface area contributed by atoms with Crippen molar-refractivity contribution in [3.63, 3.8) is 0 Å². The second kappa shape index (κ2) is 9.81. The van der Waals surface area contributed by atoms with E-state index in [0.29, 0.717) is 46.9 Å². The number of para-hydroxylation sites is 1. The van der Waals surface area contributed by atoms with Crippen LogP contribution in [0.3, 0.4) is 0 Å². The monoisotopic (exact) mass is 449 g/mol. The van der Waals surface area contributed by atoms with Crippen molar-refractivity contribution in [2.24, 2.45) is 0 Å². The number of hydrogen-bond acceptors (Lipinski definition) is 6. The molecular weight excluding hydrogens is 422 g/mol. The highest BCUT2D eigenvalue weighted by Crippen LogP contribution is 2.38. The van der Waals surface area contributed by atoms with Crippen molar-refractivity contribution in [2.45, 2.75) is 25.7 Å². The number of H-pyrrole nitrogens is 1. The Morgan fingerprint density at radius 3 is 2.48 bits per heavy atom. The molecule has 0 aliphatic heterocycles. The zero-order valence-corrected chi connectivity index (χ0v) is 19.0. The van der Waals surface area contributed by atoms with Gasteiger partial charge in [-0.2, -0.15) is 0 Å². The quantitative estimate of drug-likeness (QED) is 0.403. The SMILES string of the molecule is COc1ccc([C@H]2CC(=O)c3c([nH]c(C(=O)OCCOc4ccccc4)c3C)C2)cc1OC. The lowest BCUT2D eigenvalue weighted by atomic mass is 9.81. The van der Waals surface area contributed by atoms with Crippen LogP contribution in [0.1, 0.15) is 50.0 Å². The van der Waals surface area contributed by atoms with Gasteiger partial charge in [-0.25, -0.2) is 4.79 Å². The number of benzene rings is 2. The standard InChI is InChI=1S/C26H27NO6/c1-16-24-20(27-25(16)26(29)33-12-11-32-19-7-5-4-6-8-19)13-18(14-21(24)28)17-9-10-22(30-2)23(15-17)31-3/h4-10,15,18,27H,11-14H2,1-3H3/t18-/m1/s1. The predicted octanol–water partition coefficient (Wildman–Crippen LogP) is 4.49. The van der Waals surface area contributed by atoms with E-state index >= 15 is 0 Å². The minimum absolute atomic E-state index is 0.0104. The predicted molar refractivity (Wildman–Crippen MR) is 123 cm³/mol.